The molecule has 3 rings (SSSR count). The molecular formula is C24H35N3O3S. The van der Waals surface area contributed by atoms with Crippen LogP contribution in [0.3, 0.4) is 0 Å². The van der Waals surface area contributed by atoms with Gasteiger partial charge in [0.15, 0.2) is 0 Å². The van der Waals surface area contributed by atoms with Crippen LogP contribution < -0.4 is 5.32 Å². The van der Waals surface area contributed by atoms with Gasteiger partial charge >= 0.3 is 0 Å². The molecule has 0 spiro atoms. The highest BCUT2D eigenvalue weighted by molar-refractivity contribution is 7.84. The van der Waals surface area contributed by atoms with E-state index in [9.17, 15) is 9.00 Å². The van der Waals surface area contributed by atoms with Crippen LogP contribution in [-0.2, 0) is 21.3 Å². The summed E-state index contributed by atoms with van der Waals surface area (Å²) >= 11 is 0. The lowest BCUT2D eigenvalue weighted by Crippen LogP contribution is -2.40. The summed E-state index contributed by atoms with van der Waals surface area (Å²) in [5, 5.41) is 2.91. The summed E-state index contributed by atoms with van der Waals surface area (Å²) < 4.78 is 18.2. The third-order valence-corrected chi connectivity index (χ3v) is 6.88. The molecule has 1 amide bonds. The van der Waals surface area contributed by atoms with Gasteiger partial charge in [0, 0.05) is 36.0 Å². The fraction of sp³-hybridized carbons (Fsp3) is 0.583. The van der Waals surface area contributed by atoms with Gasteiger partial charge in [-0.3, -0.25) is 9.00 Å². The molecule has 0 aliphatic carbocycles. The number of hydrogen-bond acceptors (Lipinski definition) is 5. The first-order chi connectivity index (χ1) is 14.8. The van der Waals surface area contributed by atoms with Crippen LogP contribution in [0.4, 0.5) is 0 Å². The van der Waals surface area contributed by atoms with E-state index in [1.54, 1.807) is 0 Å². The van der Waals surface area contributed by atoms with Gasteiger partial charge in [0.2, 0.25) is 11.8 Å². The molecule has 1 aliphatic rings. The van der Waals surface area contributed by atoms with Crippen molar-refractivity contribution >= 4 is 16.7 Å². The maximum atomic E-state index is 12.5. The van der Waals surface area contributed by atoms with E-state index in [4.69, 9.17) is 4.42 Å². The van der Waals surface area contributed by atoms with Gasteiger partial charge in [-0.2, -0.15) is 0 Å². The number of likely N-dealkylation sites (tertiary alicyclic amines) is 1. The summed E-state index contributed by atoms with van der Waals surface area (Å²) in [4.78, 5) is 19.2. The van der Waals surface area contributed by atoms with Crippen molar-refractivity contribution in [3.63, 3.8) is 0 Å². The largest absolute Gasteiger partial charge is 0.441 e. The molecule has 1 N–H and O–H groups in total. The average molecular weight is 446 g/mol. The number of carbonyl (C=O) groups excluding carboxylic acids is 1. The molecule has 0 bridgehead atoms. The van der Waals surface area contributed by atoms with Gasteiger partial charge in [0.1, 0.15) is 11.5 Å². The van der Waals surface area contributed by atoms with Gasteiger partial charge in [-0.15, -0.1) is 0 Å². The van der Waals surface area contributed by atoms with E-state index >= 15 is 0 Å². The number of nitrogens with zero attached hydrogens (tertiary/aromatic N) is 2. The second kappa shape index (κ2) is 11.0. The predicted octanol–water partition coefficient (Wildman–Crippen LogP) is 3.69. The van der Waals surface area contributed by atoms with Crippen molar-refractivity contribution in [1.29, 1.82) is 0 Å². The third kappa shape index (κ3) is 7.28. The van der Waals surface area contributed by atoms with Crippen LogP contribution in [0.15, 0.2) is 28.7 Å². The molecule has 0 radical (unpaired) electrons. The summed E-state index contributed by atoms with van der Waals surface area (Å²) in [6, 6.07) is 7.92. The Morgan fingerprint density at radius 2 is 1.87 bits per heavy atom. The van der Waals surface area contributed by atoms with Crippen LogP contribution in [0.1, 0.15) is 43.7 Å². The summed E-state index contributed by atoms with van der Waals surface area (Å²) in [6.45, 7) is 12.4. The third-order valence-electron chi connectivity index (χ3n) is 5.70. The first-order valence-electron chi connectivity index (χ1n) is 11.2. The number of amides is 1. The Labute approximate surface area is 188 Å². The second-order valence-corrected chi connectivity index (χ2v) is 10.5. The molecule has 1 aliphatic heterocycles. The number of aromatic nitrogens is 1. The van der Waals surface area contributed by atoms with Crippen molar-refractivity contribution in [1.82, 2.24) is 15.2 Å². The lowest BCUT2D eigenvalue weighted by molar-refractivity contribution is -0.118. The molecule has 1 aromatic heterocycles. The van der Waals surface area contributed by atoms with Crippen molar-refractivity contribution in [2.75, 3.05) is 31.9 Å². The van der Waals surface area contributed by atoms with Crippen molar-refractivity contribution in [2.24, 2.45) is 11.8 Å². The van der Waals surface area contributed by atoms with Gasteiger partial charge in [-0.25, -0.2) is 4.98 Å². The number of carbonyl (C=O) groups is 1. The lowest BCUT2D eigenvalue weighted by Gasteiger charge is -2.34. The minimum atomic E-state index is -1.32. The Balaban J connectivity index is 1.40. The van der Waals surface area contributed by atoms with Crippen LogP contribution in [0.5, 0.6) is 0 Å². The van der Waals surface area contributed by atoms with Crippen molar-refractivity contribution in [2.45, 2.75) is 46.3 Å². The van der Waals surface area contributed by atoms with E-state index in [1.807, 2.05) is 38.1 Å². The van der Waals surface area contributed by atoms with Crippen LogP contribution in [0, 0.1) is 25.7 Å². The molecule has 2 aromatic rings. The fourth-order valence-corrected chi connectivity index (χ4v) is 5.36. The molecule has 6 nitrogen and oxygen atoms in total. The van der Waals surface area contributed by atoms with Crippen LogP contribution >= 0.6 is 0 Å². The number of aryl methyl sites for hydroxylation is 2. The van der Waals surface area contributed by atoms with Gasteiger partial charge in [0.05, 0.1) is 11.4 Å². The van der Waals surface area contributed by atoms with Gasteiger partial charge in [-0.1, -0.05) is 31.5 Å². The summed E-state index contributed by atoms with van der Waals surface area (Å²) in [6.07, 6.45) is 2.22. The number of hydrogen-bond donors (Lipinski definition) is 1. The van der Waals surface area contributed by atoms with E-state index < -0.39 is 10.8 Å². The maximum absolute atomic E-state index is 12.5. The van der Waals surface area contributed by atoms with Crippen molar-refractivity contribution in [3.8, 4) is 11.5 Å². The predicted molar refractivity (Wildman–Crippen MR) is 125 cm³/mol. The first-order valence-corrected chi connectivity index (χ1v) is 12.7. The number of piperidine rings is 1. The Hall–Kier alpha value is -1.99. The minimum absolute atomic E-state index is 0.00997. The quantitative estimate of drug-likeness (QED) is 0.596. The van der Waals surface area contributed by atoms with Gasteiger partial charge < -0.3 is 14.6 Å². The molecule has 2 heterocycles. The Kier molecular flexibility index (Phi) is 8.43. The smallest absolute Gasteiger partial charge is 0.232 e. The highest BCUT2D eigenvalue weighted by Gasteiger charge is 2.21. The van der Waals surface area contributed by atoms with E-state index in [0.717, 1.165) is 43.5 Å². The molecule has 7 heteroatoms. The summed E-state index contributed by atoms with van der Waals surface area (Å²) in [7, 11) is -1.32. The molecular weight excluding hydrogens is 410 g/mol. The number of rotatable bonds is 9. The SMILES string of the molecule is Cc1ccc(-c2nc(C[S@@](=O)CC(=O)NCCCN3C[C@H](C)C[C@@H](C)C3)c(C)o2)cc1. The minimum Gasteiger partial charge on any atom is -0.441 e. The molecule has 1 fully saturated rings. The van der Waals surface area contributed by atoms with E-state index in [1.165, 1.54) is 12.0 Å². The van der Waals surface area contributed by atoms with Crippen molar-refractivity contribution in [3.05, 3.63) is 41.3 Å². The van der Waals surface area contributed by atoms with Crippen molar-refractivity contribution < 1.29 is 13.4 Å². The highest BCUT2D eigenvalue weighted by Crippen LogP contribution is 2.23. The average Bonchev–Trinajstić information content (AvgIpc) is 3.05. The molecule has 170 valence electrons. The van der Waals surface area contributed by atoms with Crippen LogP contribution in [-0.4, -0.2) is 51.9 Å². The number of benzene rings is 1. The zero-order valence-electron chi connectivity index (χ0n) is 19.1. The first kappa shape index (κ1) is 23.7. The number of oxazole rings is 1. The monoisotopic (exact) mass is 445 g/mol. The summed E-state index contributed by atoms with van der Waals surface area (Å²) in [5.41, 5.74) is 2.70. The molecule has 1 aromatic carbocycles. The Morgan fingerprint density at radius 3 is 2.55 bits per heavy atom. The van der Waals surface area contributed by atoms with Crippen LogP contribution in [0.2, 0.25) is 0 Å². The fourth-order valence-electron chi connectivity index (χ4n) is 4.29. The van der Waals surface area contributed by atoms with Gasteiger partial charge in [-0.05, 0) is 57.2 Å². The second-order valence-electron chi connectivity index (χ2n) is 9.03. The van der Waals surface area contributed by atoms with E-state index in [-0.39, 0.29) is 17.4 Å². The Morgan fingerprint density at radius 1 is 1.19 bits per heavy atom. The lowest BCUT2D eigenvalue weighted by atomic mass is 9.92. The normalized spacial score (nSPS) is 20.5. The highest BCUT2D eigenvalue weighted by atomic mass is 32.2. The molecule has 31 heavy (non-hydrogen) atoms. The molecule has 3 atom stereocenters. The zero-order valence-corrected chi connectivity index (χ0v) is 20.0. The molecule has 0 saturated carbocycles. The molecule has 1 saturated heterocycles. The summed E-state index contributed by atoms with van der Waals surface area (Å²) in [5.74, 6) is 2.70. The van der Waals surface area contributed by atoms with Crippen LogP contribution in [0.25, 0.3) is 11.5 Å². The van der Waals surface area contributed by atoms with Gasteiger partial charge in [0.25, 0.3) is 0 Å². The Bertz CT molecular complexity index is 884. The topological polar surface area (TPSA) is 75.4 Å². The standard InChI is InChI=1S/C24H35N3O3S/c1-17-6-8-21(9-7-17)24-26-22(20(4)30-24)15-31(29)16-23(28)25-10-5-11-27-13-18(2)12-19(3)14-27/h6-9,18-19H,5,10-16H2,1-4H3,(H,25,28)/t18-,19-,31-/m1/s1. The maximum Gasteiger partial charge on any atom is 0.232 e. The zero-order chi connectivity index (χ0) is 22.4. The van der Waals surface area contributed by atoms with E-state index in [2.05, 4.69) is 29.0 Å². The van der Waals surface area contributed by atoms with E-state index in [0.29, 0.717) is 23.9 Å². The number of nitrogens with one attached hydrogen (secondary N) is 1. The molecule has 0 unspecified atom stereocenters.